The Labute approximate surface area is 149 Å². The Bertz CT molecular complexity index is 678. The van der Waals surface area contributed by atoms with Gasteiger partial charge in [-0.1, -0.05) is 30.3 Å². The molecular weight excluding hydrogens is 374 g/mol. The number of aliphatic hydroxyl groups is 2. The maximum Gasteiger partial charge on any atom is 0.232 e. The Morgan fingerprint density at radius 2 is 1.96 bits per heavy atom. The number of aliphatic hydroxyl groups excluding tert-OH is 2. The zero-order valence-electron chi connectivity index (χ0n) is 13.3. The number of amides is 1. The van der Waals surface area contributed by atoms with Crippen molar-refractivity contribution in [3.05, 3.63) is 58.6 Å². The summed E-state index contributed by atoms with van der Waals surface area (Å²) in [5.41, 5.74) is 1.38. The van der Waals surface area contributed by atoms with Crippen molar-refractivity contribution in [1.29, 1.82) is 0 Å². The molecule has 24 heavy (non-hydrogen) atoms. The van der Waals surface area contributed by atoms with Gasteiger partial charge in [0.1, 0.15) is 5.75 Å². The lowest BCUT2D eigenvalue weighted by Gasteiger charge is -2.20. The molecule has 0 unspecified atom stereocenters. The van der Waals surface area contributed by atoms with Crippen LogP contribution >= 0.6 is 15.9 Å². The highest BCUT2D eigenvalue weighted by molar-refractivity contribution is 9.10. The molecule has 0 bridgehead atoms. The summed E-state index contributed by atoms with van der Waals surface area (Å²) in [7, 11) is 1.55. The van der Waals surface area contributed by atoms with E-state index < -0.39 is 12.0 Å². The third-order valence-corrected chi connectivity index (χ3v) is 4.31. The van der Waals surface area contributed by atoms with E-state index in [0.717, 1.165) is 10.0 Å². The van der Waals surface area contributed by atoms with Crippen LogP contribution in [-0.2, 0) is 4.79 Å². The standard InChI is InChI=1S/C18H20BrNO4/c1-24-17-9-13(7-8-16(17)19)20-18(23)15(10-14(22)11-21)12-5-3-2-4-6-12/h2-9,14-15,21-22H,10-11H2,1H3,(H,20,23)/t14-,15-/m0/s1. The Morgan fingerprint density at radius 3 is 2.58 bits per heavy atom. The Kier molecular flexibility index (Phi) is 6.78. The van der Waals surface area contributed by atoms with E-state index in [1.54, 1.807) is 25.3 Å². The first-order valence-corrected chi connectivity index (χ1v) is 8.32. The molecule has 0 saturated carbocycles. The summed E-state index contributed by atoms with van der Waals surface area (Å²) in [6, 6.07) is 14.5. The number of hydrogen-bond acceptors (Lipinski definition) is 4. The third kappa shape index (κ3) is 4.80. The van der Waals surface area contributed by atoms with E-state index >= 15 is 0 Å². The average Bonchev–Trinajstić information content (AvgIpc) is 2.61. The first kappa shape index (κ1) is 18.4. The molecule has 0 saturated heterocycles. The Balaban J connectivity index is 2.21. The summed E-state index contributed by atoms with van der Waals surface area (Å²) in [5, 5.41) is 21.7. The van der Waals surface area contributed by atoms with E-state index in [9.17, 15) is 9.90 Å². The smallest absolute Gasteiger partial charge is 0.232 e. The summed E-state index contributed by atoms with van der Waals surface area (Å²) in [5.74, 6) is -0.208. The normalized spacial score (nSPS) is 13.2. The second kappa shape index (κ2) is 8.82. The predicted molar refractivity (Wildman–Crippen MR) is 96.2 cm³/mol. The number of hydrogen-bond donors (Lipinski definition) is 3. The molecular formula is C18H20BrNO4. The van der Waals surface area contributed by atoms with Gasteiger partial charge in [-0.05, 0) is 40.0 Å². The SMILES string of the molecule is COc1cc(NC(=O)[C@@H](C[C@H](O)CO)c2ccccc2)ccc1Br. The van der Waals surface area contributed by atoms with E-state index in [4.69, 9.17) is 9.84 Å². The Hall–Kier alpha value is -1.89. The number of ether oxygens (including phenoxy) is 1. The van der Waals surface area contributed by atoms with Crippen LogP contribution in [0.2, 0.25) is 0 Å². The quantitative estimate of drug-likeness (QED) is 0.675. The zero-order chi connectivity index (χ0) is 17.5. The van der Waals surface area contributed by atoms with Crippen molar-refractivity contribution in [3.8, 4) is 5.75 Å². The lowest BCUT2D eigenvalue weighted by molar-refractivity contribution is -0.118. The molecule has 0 spiro atoms. The highest BCUT2D eigenvalue weighted by Gasteiger charge is 2.24. The third-order valence-electron chi connectivity index (χ3n) is 3.66. The minimum absolute atomic E-state index is 0.139. The molecule has 5 nitrogen and oxygen atoms in total. The largest absolute Gasteiger partial charge is 0.495 e. The molecule has 0 fully saturated rings. The molecule has 2 rings (SSSR count). The summed E-state index contributed by atoms with van der Waals surface area (Å²) >= 11 is 3.37. The van der Waals surface area contributed by atoms with Gasteiger partial charge in [-0.25, -0.2) is 0 Å². The van der Waals surface area contributed by atoms with Gasteiger partial charge in [-0.3, -0.25) is 4.79 Å². The molecule has 2 aromatic carbocycles. The molecule has 1 amide bonds. The van der Waals surface area contributed by atoms with Gasteiger partial charge >= 0.3 is 0 Å². The highest BCUT2D eigenvalue weighted by atomic mass is 79.9. The molecule has 3 N–H and O–H groups in total. The van der Waals surface area contributed by atoms with E-state index in [-0.39, 0.29) is 18.9 Å². The minimum atomic E-state index is -0.958. The fourth-order valence-electron chi connectivity index (χ4n) is 2.39. The topological polar surface area (TPSA) is 78.8 Å². The maximum atomic E-state index is 12.7. The van der Waals surface area contributed by atoms with Gasteiger partial charge < -0.3 is 20.3 Å². The lowest BCUT2D eigenvalue weighted by Crippen LogP contribution is -2.26. The van der Waals surface area contributed by atoms with Crippen LogP contribution in [0.25, 0.3) is 0 Å². The molecule has 0 aliphatic rings. The van der Waals surface area contributed by atoms with E-state index in [2.05, 4.69) is 21.2 Å². The molecule has 2 atom stereocenters. The predicted octanol–water partition coefficient (Wildman–Crippen LogP) is 2.92. The fraction of sp³-hybridized carbons (Fsp3) is 0.278. The fourth-order valence-corrected chi connectivity index (χ4v) is 2.80. The summed E-state index contributed by atoms with van der Waals surface area (Å²) in [4.78, 5) is 12.7. The van der Waals surface area contributed by atoms with Crippen LogP contribution in [0, 0.1) is 0 Å². The number of carbonyl (C=O) groups is 1. The summed E-state index contributed by atoms with van der Waals surface area (Å²) in [6.45, 7) is -0.386. The molecule has 2 aromatic rings. The second-order valence-electron chi connectivity index (χ2n) is 5.37. The first-order chi connectivity index (χ1) is 11.5. The molecule has 128 valence electrons. The van der Waals surface area contributed by atoms with Crippen LogP contribution in [0.15, 0.2) is 53.0 Å². The number of halogens is 1. The van der Waals surface area contributed by atoms with E-state index in [0.29, 0.717) is 11.4 Å². The second-order valence-corrected chi connectivity index (χ2v) is 6.23. The first-order valence-electron chi connectivity index (χ1n) is 7.53. The average molecular weight is 394 g/mol. The number of nitrogens with one attached hydrogen (secondary N) is 1. The Morgan fingerprint density at radius 1 is 1.25 bits per heavy atom. The van der Waals surface area contributed by atoms with E-state index in [1.807, 2.05) is 30.3 Å². The minimum Gasteiger partial charge on any atom is -0.495 e. The number of anilines is 1. The van der Waals surface area contributed by atoms with Crippen molar-refractivity contribution in [2.24, 2.45) is 0 Å². The number of carbonyl (C=O) groups excluding carboxylic acids is 1. The van der Waals surface area contributed by atoms with Gasteiger partial charge in [0.2, 0.25) is 5.91 Å². The van der Waals surface area contributed by atoms with Crippen molar-refractivity contribution in [3.63, 3.8) is 0 Å². The molecule has 0 aromatic heterocycles. The molecule has 0 aliphatic carbocycles. The van der Waals surface area contributed by atoms with Gasteiger partial charge in [0.05, 0.1) is 30.2 Å². The number of rotatable bonds is 7. The van der Waals surface area contributed by atoms with Gasteiger partial charge in [-0.2, -0.15) is 0 Å². The van der Waals surface area contributed by atoms with Crippen LogP contribution in [0.4, 0.5) is 5.69 Å². The molecule has 0 radical (unpaired) electrons. The van der Waals surface area contributed by atoms with Crippen LogP contribution in [0.5, 0.6) is 5.75 Å². The monoisotopic (exact) mass is 393 g/mol. The van der Waals surface area contributed by atoms with Crippen molar-refractivity contribution in [2.45, 2.75) is 18.4 Å². The number of benzene rings is 2. The van der Waals surface area contributed by atoms with Crippen LogP contribution in [-0.4, -0.2) is 35.9 Å². The molecule has 0 aliphatic heterocycles. The van der Waals surface area contributed by atoms with Gasteiger partial charge in [0, 0.05) is 11.8 Å². The van der Waals surface area contributed by atoms with Gasteiger partial charge in [-0.15, -0.1) is 0 Å². The van der Waals surface area contributed by atoms with Crippen LogP contribution < -0.4 is 10.1 Å². The maximum absolute atomic E-state index is 12.7. The van der Waals surface area contributed by atoms with Crippen LogP contribution in [0.3, 0.4) is 0 Å². The van der Waals surface area contributed by atoms with Crippen molar-refractivity contribution in [1.82, 2.24) is 0 Å². The van der Waals surface area contributed by atoms with Crippen molar-refractivity contribution < 1.29 is 19.7 Å². The molecule has 0 heterocycles. The lowest BCUT2D eigenvalue weighted by atomic mass is 9.92. The summed E-state index contributed by atoms with van der Waals surface area (Å²) < 4.78 is 6.01. The summed E-state index contributed by atoms with van der Waals surface area (Å²) in [6.07, 6.45) is -0.819. The highest BCUT2D eigenvalue weighted by Crippen LogP contribution is 2.29. The van der Waals surface area contributed by atoms with E-state index in [1.165, 1.54) is 0 Å². The zero-order valence-corrected chi connectivity index (χ0v) is 14.9. The number of methoxy groups -OCH3 is 1. The van der Waals surface area contributed by atoms with Crippen molar-refractivity contribution in [2.75, 3.05) is 19.0 Å². The van der Waals surface area contributed by atoms with Crippen molar-refractivity contribution >= 4 is 27.5 Å². The molecule has 6 heteroatoms. The van der Waals surface area contributed by atoms with Gasteiger partial charge in [0.25, 0.3) is 0 Å². The van der Waals surface area contributed by atoms with Gasteiger partial charge in [0.15, 0.2) is 0 Å². The van der Waals surface area contributed by atoms with Crippen LogP contribution in [0.1, 0.15) is 17.9 Å².